The predicted octanol–water partition coefficient (Wildman–Crippen LogP) is 2.84. The van der Waals surface area contributed by atoms with Gasteiger partial charge < -0.3 is 4.84 Å². The SMILES string of the molecule is C=Cc1c2nc3ccccc3c-2ccn1OC. The highest BCUT2D eigenvalue weighted by atomic mass is 16.6. The topological polar surface area (TPSA) is 27.1 Å². The molecular formula is C14H12N2O. The maximum absolute atomic E-state index is 5.25. The van der Waals surface area contributed by atoms with Crippen molar-refractivity contribution in [2.24, 2.45) is 0 Å². The molecule has 0 saturated carbocycles. The van der Waals surface area contributed by atoms with Crippen LogP contribution < -0.4 is 4.84 Å². The third kappa shape index (κ3) is 1.32. The Hall–Kier alpha value is -2.29. The van der Waals surface area contributed by atoms with E-state index in [4.69, 9.17) is 4.84 Å². The summed E-state index contributed by atoms with van der Waals surface area (Å²) < 4.78 is 1.67. The molecule has 0 spiro atoms. The van der Waals surface area contributed by atoms with Gasteiger partial charge in [-0.3, -0.25) is 0 Å². The average molecular weight is 224 g/mol. The van der Waals surface area contributed by atoms with Gasteiger partial charge in [0.25, 0.3) is 0 Å². The van der Waals surface area contributed by atoms with E-state index in [0.717, 1.165) is 27.9 Å². The van der Waals surface area contributed by atoms with Crippen LogP contribution in [0.3, 0.4) is 0 Å². The number of para-hydroxylation sites is 1. The van der Waals surface area contributed by atoms with E-state index in [1.54, 1.807) is 17.9 Å². The van der Waals surface area contributed by atoms with Gasteiger partial charge >= 0.3 is 0 Å². The maximum Gasteiger partial charge on any atom is 0.105 e. The Labute approximate surface area is 99.3 Å². The molecular weight excluding hydrogens is 212 g/mol. The van der Waals surface area contributed by atoms with Crippen LogP contribution in [-0.2, 0) is 0 Å². The Morgan fingerprint density at radius 2 is 2.12 bits per heavy atom. The summed E-state index contributed by atoms with van der Waals surface area (Å²) in [5.41, 5.74) is 3.93. The van der Waals surface area contributed by atoms with Crippen LogP contribution in [-0.4, -0.2) is 16.8 Å². The molecule has 2 heterocycles. The third-order valence-electron chi connectivity index (χ3n) is 2.93. The zero-order valence-electron chi connectivity index (χ0n) is 9.55. The molecule has 1 aromatic carbocycles. The minimum atomic E-state index is 0.876. The van der Waals surface area contributed by atoms with Crippen LogP contribution in [0.4, 0.5) is 0 Å². The van der Waals surface area contributed by atoms with Crippen LogP contribution in [0, 0.1) is 0 Å². The van der Waals surface area contributed by atoms with Gasteiger partial charge in [-0.15, -0.1) is 0 Å². The van der Waals surface area contributed by atoms with E-state index in [1.165, 1.54) is 0 Å². The van der Waals surface area contributed by atoms with Crippen molar-refractivity contribution in [2.45, 2.75) is 0 Å². The molecule has 2 aliphatic heterocycles. The van der Waals surface area contributed by atoms with Crippen molar-refractivity contribution in [3.05, 3.63) is 48.8 Å². The highest BCUT2D eigenvalue weighted by Gasteiger charge is 2.16. The Morgan fingerprint density at radius 3 is 2.88 bits per heavy atom. The normalized spacial score (nSPS) is 10.9. The number of aromatic nitrogens is 2. The van der Waals surface area contributed by atoms with Gasteiger partial charge in [-0.05, 0) is 18.2 Å². The van der Waals surface area contributed by atoms with Crippen LogP contribution in [0.15, 0.2) is 43.1 Å². The van der Waals surface area contributed by atoms with Gasteiger partial charge in [0.05, 0.1) is 11.2 Å². The quantitative estimate of drug-likeness (QED) is 0.669. The molecule has 3 heteroatoms. The van der Waals surface area contributed by atoms with Crippen molar-refractivity contribution < 1.29 is 4.84 Å². The smallest absolute Gasteiger partial charge is 0.105 e. The molecule has 2 aliphatic rings. The molecule has 0 radical (unpaired) electrons. The van der Waals surface area contributed by atoms with Crippen LogP contribution in [0.2, 0.25) is 0 Å². The van der Waals surface area contributed by atoms with E-state index in [1.807, 2.05) is 30.5 Å². The van der Waals surface area contributed by atoms with Crippen molar-refractivity contribution in [1.29, 1.82) is 0 Å². The molecule has 84 valence electrons. The molecule has 17 heavy (non-hydrogen) atoms. The molecule has 0 atom stereocenters. The number of pyridine rings is 1. The van der Waals surface area contributed by atoms with E-state index in [2.05, 4.69) is 17.6 Å². The number of hydrogen-bond acceptors (Lipinski definition) is 2. The molecule has 0 aromatic heterocycles. The summed E-state index contributed by atoms with van der Waals surface area (Å²) in [5.74, 6) is 0. The lowest BCUT2D eigenvalue weighted by Gasteiger charge is -2.11. The largest absolute Gasteiger partial charge is 0.417 e. The average Bonchev–Trinajstić information content (AvgIpc) is 2.75. The molecule has 0 fully saturated rings. The van der Waals surface area contributed by atoms with Crippen molar-refractivity contribution in [3.63, 3.8) is 0 Å². The van der Waals surface area contributed by atoms with Gasteiger partial charge in [0.1, 0.15) is 12.8 Å². The molecule has 0 N–H and O–H groups in total. The Balaban J connectivity index is 2.45. The lowest BCUT2D eigenvalue weighted by atomic mass is 10.1. The number of hydrogen-bond donors (Lipinski definition) is 0. The number of benzene rings is 1. The van der Waals surface area contributed by atoms with Crippen LogP contribution in [0.25, 0.3) is 28.2 Å². The van der Waals surface area contributed by atoms with E-state index in [-0.39, 0.29) is 0 Å². The third-order valence-corrected chi connectivity index (χ3v) is 2.93. The second-order valence-electron chi connectivity index (χ2n) is 3.80. The summed E-state index contributed by atoms with van der Waals surface area (Å²) >= 11 is 0. The van der Waals surface area contributed by atoms with Crippen LogP contribution >= 0.6 is 0 Å². The van der Waals surface area contributed by atoms with E-state index in [0.29, 0.717) is 0 Å². The number of rotatable bonds is 2. The minimum Gasteiger partial charge on any atom is -0.417 e. The Bertz CT molecular complexity index is 669. The number of fused-ring (bicyclic) bond motifs is 3. The summed E-state index contributed by atoms with van der Waals surface area (Å²) in [6, 6.07) is 10.1. The summed E-state index contributed by atoms with van der Waals surface area (Å²) in [5, 5.41) is 1.16. The standard InChI is InChI=1S/C14H12N2O/c1-3-13-14-11(8-9-16(13)17-2)10-6-4-5-7-12(10)15-14/h3-9H,1H2,2H3. The van der Waals surface area contributed by atoms with Gasteiger partial charge in [-0.1, -0.05) is 24.8 Å². The molecule has 0 saturated heterocycles. The molecule has 3 rings (SSSR count). The van der Waals surface area contributed by atoms with Gasteiger partial charge in [0, 0.05) is 17.1 Å². The van der Waals surface area contributed by atoms with Gasteiger partial charge in [-0.2, -0.15) is 4.73 Å². The molecule has 0 amide bonds. The zero-order valence-corrected chi connectivity index (χ0v) is 9.55. The van der Waals surface area contributed by atoms with Gasteiger partial charge in [0.2, 0.25) is 0 Å². The van der Waals surface area contributed by atoms with Crippen molar-refractivity contribution in [3.8, 4) is 11.3 Å². The number of nitrogens with zero attached hydrogens (tertiary/aromatic N) is 2. The summed E-state index contributed by atoms with van der Waals surface area (Å²) in [4.78, 5) is 9.87. The Morgan fingerprint density at radius 1 is 1.29 bits per heavy atom. The molecule has 0 unspecified atom stereocenters. The van der Waals surface area contributed by atoms with E-state index in [9.17, 15) is 0 Å². The first kappa shape index (κ1) is 9.90. The maximum atomic E-state index is 5.25. The zero-order chi connectivity index (χ0) is 11.8. The van der Waals surface area contributed by atoms with Gasteiger partial charge in [0.15, 0.2) is 0 Å². The highest BCUT2D eigenvalue weighted by molar-refractivity contribution is 5.98. The molecule has 1 aromatic rings. The Kier molecular flexibility index (Phi) is 2.11. The van der Waals surface area contributed by atoms with Crippen molar-refractivity contribution >= 4 is 17.0 Å². The summed E-state index contributed by atoms with van der Waals surface area (Å²) in [7, 11) is 1.63. The van der Waals surface area contributed by atoms with E-state index >= 15 is 0 Å². The summed E-state index contributed by atoms with van der Waals surface area (Å²) in [6.07, 6.45) is 3.64. The van der Waals surface area contributed by atoms with E-state index < -0.39 is 0 Å². The lowest BCUT2D eigenvalue weighted by Crippen LogP contribution is -2.10. The first-order chi connectivity index (χ1) is 8.35. The monoisotopic (exact) mass is 224 g/mol. The summed E-state index contributed by atoms with van der Waals surface area (Å²) in [6.45, 7) is 3.82. The predicted molar refractivity (Wildman–Crippen MR) is 69.0 cm³/mol. The molecule has 3 nitrogen and oxygen atoms in total. The highest BCUT2D eigenvalue weighted by Crippen LogP contribution is 2.33. The fraction of sp³-hybridized carbons (Fsp3) is 0.0714. The second-order valence-corrected chi connectivity index (χ2v) is 3.80. The second kappa shape index (κ2) is 3.63. The van der Waals surface area contributed by atoms with Crippen LogP contribution in [0.5, 0.6) is 0 Å². The fourth-order valence-corrected chi connectivity index (χ4v) is 2.14. The van der Waals surface area contributed by atoms with Crippen molar-refractivity contribution in [2.75, 3.05) is 7.11 Å². The first-order valence-corrected chi connectivity index (χ1v) is 5.42. The first-order valence-electron chi connectivity index (χ1n) is 5.42. The van der Waals surface area contributed by atoms with Crippen molar-refractivity contribution in [1.82, 2.24) is 9.71 Å². The fourth-order valence-electron chi connectivity index (χ4n) is 2.14. The van der Waals surface area contributed by atoms with Crippen LogP contribution in [0.1, 0.15) is 5.69 Å². The molecule has 0 bridgehead atoms. The van der Waals surface area contributed by atoms with Gasteiger partial charge in [-0.25, -0.2) is 4.98 Å². The molecule has 0 aliphatic carbocycles. The lowest BCUT2D eigenvalue weighted by molar-refractivity contribution is 0.164. The minimum absolute atomic E-state index is 0.876.